The van der Waals surface area contributed by atoms with Gasteiger partial charge in [0.15, 0.2) is 0 Å². The molecule has 0 amide bonds. The number of aromatic nitrogens is 1. The predicted octanol–water partition coefficient (Wildman–Crippen LogP) is 4.48. The fourth-order valence-electron chi connectivity index (χ4n) is 3.71. The van der Waals surface area contributed by atoms with Crippen molar-refractivity contribution in [2.75, 3.05) is 32.2 Å². The van der Waals surface area contributed by atoms with E-state index in [1.807, 2.05) is 6.07 Å². The third-order valence-corrected chi connectivity index (χ3v) is 5.89. The van der Waals surface area contributed by atoms with Crippen LogP contribution in [0.1, 0.15) is 24.0 Å². The van der Waals surface area contributed by atoms with E-state index in [1.165, 1.54) is 7.11 Å². The summed E-state index contributed by atoms with van der Waals surface area (Å²) in [5.41, 5.74) is 2.24. The minimum absolute atomic E-state index is 0.191. The lowest BCUT2D eigenvalue weighted by atomic mass is 10.0. The highest BCUT2D eigenvalue weighted by Gasteiger charge is 2.16. The van der Waals surface area contributed by atoms with Crippen molar-refractivity contribution < 1.29 is 14.2 Å². The SMILES string of the molecule is COc1cc(NCc2cc3cc(Cl)c(OCC4CCOCC4)cc3[nH]c2=O)ccc1C#N. The van der Waals surface area contributed by atoms with Crippen LogP contribution in [0.2, 0.25) is 5.02 Å². The molecule has 0 radical (unpaired) electrons. The van der Waals surface area contributed by atoms with Crippen molar-refractivity contribution in [1.82, 2.24) is 4.98 Å². The summed E-state index contributed by atoms with van der Waals surface area (Å²) >= 11 is 6.45. The van der Waals surface area contributed by atoms with Crippen molar-refractivity contribution in [3.8, 4) is 17.6 Å². The fourth-order valence-corrected chi connectivity index (χ4v) is 3.93. The molecule has 1 aromatic heterocycles. The summed E-state index contributed by atoms with van der Waals surface area (Å²) in [6.07, 6.45) is 1.95. The van der Waals surface area contributed by atoms with E-state index in [1.54, 1.807) is 30.3 Å². The molecule has 2 N–H and O–H groups in total. The van der Waals surface area contributed by atoms with Crippen molar-refractivity contribution in [3.63, 3.8) is 0 Å². The van der Waals surface area contributed by atoms with Gasteiger partial charge in [-0.25, -0.2) is 0 Å². The van der Waals surface area contributed by atoms with Gasteiger partial charge in [0.1, 0.15) is 17.6 Å². The molecule has 1 saturated heterocycles. The lowest BCUT2D eigenvalue weighted by Gasteiger charge is -2.22. The zero-order chi connectivity index (χ0) is 22.5. The molecule has 0 saturated carbocycles. The van der Waals surface area contributed by atoms with E-state index in [9.17, 15) is 4.79 Å². The number of benzene rings is 2. The number of fused-ring (bicyclic) bond motifs is 1. The van der Waals surface area contributed by atoms with Crippen molar-refractivity contribution in [3.05, 3.63) is 62.9 Å². The third-order valence-electron chi connectivity index (χ3n) is 5.59. The number of rotatable bonds is 7. The maximum atomic E-state index is 12.6. The molecule has 2 aromatic carbocycles. The molecule has 1 fully saturated rings. The standard InChI is InChI=1S/C24H24ClN3O4/c1-30-22-10-19(3-2-16(22)12-26)27-13-18-8-17-9-20(25)23(11-21(17)28-24(18)29)32-14-15-4-6-31-7-5-15/h2-3,8-11,15,27H,4-7,13-14H2,1H3,(H,28,29). The summed E-state index contributed by atoms with van der Waals surface area (Å²) in [6.45, 7) is 2.41. The van der Waals surface area contributed by atoms with Gasteiger partial charge in [-0.15, -0.1) is 0 Å². The average molecular weight is 454 g/mol. The summed E-state index contributed by atoms with van der Waals surface area (Å²) in [5.74, 6) is 1.49. The Kier molecular flexibility index (Phi) is 6.84. The van der Waals surface area contributed by atoms with Crippen LogP contribution in [-0.2, 0) is 11.3 Å². The molecule has 8 heteroatoms. The normalized spacial score (nSPS) is 14.2. The number of anilines is 1. The van der Waals surface area contributed by atoms with Crippen LogP contribution < -0.4 is 20.3 Å². The number of aromatic amines is 1. The molecule has 32 heavy (non-hydrogen) atoms. The zero-order valence-electron chi connectivity index (χ0n) is 17.7. The molecule has 0 spiro atoms. The summed E-state index contributed by atoms with van der Waals surface area (Å²) in [7, 11) is 1.51. The first-order chi connectivity index (χ1) is 15.6. The number of H-pyrrole nitrogens is 1. The van der Waals surface area contributed by atoms with E-state index in [2.05, 4.69) is 16.4 Å². The van der Waals surface area contributed by atoms with Crippen molar-refractivity contribution in [2.24, 2.45) is 5.92 Å². The largest absolute Gasteiger partial charge is 0.495 e. The van der Waals surface area contributed by atoms with Gasteiger partial charge in [-0.2, -0.15) is 5.26 Å². The van der Waals surface area contributed by atoms with Gasteiger partial charge in [-0.3, -0.25) is 4.79 Å². The molecule has 4 rings (SSSR count). The summed E-state index contributed by atoms with van der Waals surface area (Å²) < 4.78 is 16.6. The van der Waals surface area contributed by atoms with Crippen LogP contribution in [0.15, 0.2) is 41.2 Å². The zero-order valence-corrected chi connectivity index (χ0v) is 18.5. The Bertz CT molecular complexity index is 1210. The molecular weight excluding hydrogens is 430 g/mol. The Balaban J connectivity index is 1.49. The van der Waals surface area contributed by atoms with Crippen LogP contribution in [0, 0.1) is 17.2 Å². The molecule has 166 valence electrons. The number of hydrogen-bond acceptors (Lipinski definition) is 6. The maximum absolute atomic E-state index is 12.6. The number of hydrogen-bond donors (Lipinski definition) is 2. The van der Waals surface area contributed by atoms with Gasteiger partial charge in [-0.05, 0) is 43.0 Å². The fraction of sp³-hybridized carbons (Fsp3) is 0.333. The van der Waals surface area contributed by atoms with Crippen LogP contribution in [0.4, 0.5) is 5.69 Å². The first-order valence-electron chi connectivity index (χ1n) is 10.5. The average Bonchev–Trinajstić information content (AvgIpc) is 2.82. The minimum Gasteiger partial charge on any atom is -0.495 e. The van der Waals surface area contributed by atoms with Gasteiger partial charge >= 0.3 is 0 Å². The van der Waals surface area contributed by atoms with Crippen LogP contribution in [0.5, 0.6) is 11.5 Å². The van der Waals surface area contributed by atoms with E-state index in [-0.39, 0.29) is 5.56 Å². The van der Waals surface area contributed by atoms with Crippen LogP contribution >= 0.6 is 11.6 Å². The van der Waals surface area contributed by atoms with E-state index >= 15 is 0 Å². The molecule has 0 unspecified atom stereocenters. The number of pyridine rings is 1. The highest BCUT2D eigenvalue weighted by Crippen LogP contribution is 2.30. The lowest BCUT2D eigenvalue weighted by molar-refractivity contribution is 0.0498. The lowest BCUT2D eigenvalue weighted by Crippen LogP contribution is -2.21. The van der Waals surface area contributed by atoms with Gasteiger partial charge < -0.3 is 24.5 Å². The number of ether oxygens (including phenoxy) is 3. The highest BCUT2D eigenvalue weighted by atomic mass is 35.5. The molecule has 7 nitrogen and oxygen atoms in total. The molecular formula is C24H24ClN3O4. The molecule has 3 aromatic rings. The Morgan fingerprint density at radius 1 is 1.22 bits per heavy atom. The van der Waals surface area contributed by atoms with Crippen molar-refractivity contribution in [1.29, 1.82) is 5.26 Å². The minimum atomic E-state index is -0.191. The van der Waals surface area contributed by atoms with Crippen LogP contribution in [0.3, 0.4) is 0 Å². The van der Waals surface area contributed by atoms with Gasteiger partial charge in [0.05, 0.1) is 29.8 Å². The van der Waals surface area contributed by atoms with Gasteiger partial charge in [-0.1, -0.05) is 11.6 Å². The Labute approximate surface area is 190 Å². The van der Waals surface area contributed by atoms with E-state index in [0.717, 1.165) is 37.1 Å². The summed E-state index contributed by atoms with van der Waals surface area (Å²) in [4.78, 5) is 15.5. The summed E-state index contributed by atoms with van der Waals surface area (Å²) in [5, 5.41) is 13.6. The first-order valence-corrected chi connectivity index (χ1v) is 10.8. The molecule has 1 aliphatic heterocycles. The topological polar surface area (TPSA) is 96.4 Å². The smallest absolute Gasteiger partial charge is 0.253 e. The molecule has 0 bridgehead atoms. The first kappa shape index (κ1) is 22.0. The van der Waals surface area contributed by atoms with Crippen LogP contribution in [0.25, 0.3) is 10.9 Å². The highest BCUT2D eigenvalue weighted by molar-refractivity contribution is 6.32. The van der Waals surface area contributed by atoms with Gasteiger partial charge in [0.2, 0.25) is 0 Å². The predicted molar refractivity (Wildman–Crippen MR) is 124 cm³/mol. The van der Waals surface area contributed by atoms with Crippen molar-refractivity contribution >= 4 is 28.2 Å². The van der Waals surface area contributed by atoms with Crippen LogP contribution in [-0.4, -0.2) is 31.9 Å². The second-order valence-corrected chi connectivity index (χ2v) is 8.15. The molecule has 1 aliphatic rings. The Morgan fingerprint density at radius 2 is 2.03 bits per heavy atom. The molecule has 0 aliphatic carbocycles. The van der Waals surface area contributed by atoms with E-state index in [4.69, 9.17) is 31.1 Å². The van der Waals surface area contributed by atoms with E-state index < -0.39 is 0 Å². The number of nitriles is 1. The number of halogens is 1. The van der Waals surface area contributed by atoms with Crippen molar-refractivity contribution in [2.45, 2.75) is 19.4 Å². The second kappa shape index (κ2) is 9.94. The molecule has 2 heterocycles. The quantitative estimate of drug-likeness (QED) is 0.547. The summed E-state index contributed by atoms with van der Waals surface area (Å²) in [6, 6.07) is 12.7. The van der Waals surface area contributed by atoms with Gasteiger partial charge in [0.25, 0.3) is 5.56 Å². The third kappa shape index (κ3) is 4.98. The molecule has 0 atom stereocenters. The maximum Gasteiger partial charge on any atom is 0.253 e. The number of nitrogens with zero attached hydrogens (tertiary/aromatic N) is 1. The number of methoxy groups -OCH3 is 1. The Morgan fingerprint density at radius 3 is 2.78 bits per heavy atom. The Hall–Kier alpha value is -3.21. The second-order valence-electron chi connectivity index (χ2n) is 7.74. The van der Waals surface area contributed by atoms with E-state index in [0.29, 0.717) is 52.2 Å². The van der Waals surface area contributed by atoms with Gasteiger partial charge in [0, 0.05) is 48.5 Å². The number of nitrogens with one attached hydrogen (secondary N) is 2. The monoisotopic (exact) mass is 453 g/mol.